The molecule has 0 saturated carbocycles. The zero-order chi connectivity index (χ0) is 14.4. The first-order valence-electron chi connectivity index (χ1n) is 7.14. The normalized spacial score (nSPS) is 31.6. The van der Waals surface area contributed by atoms with Crippen molar-refractivity contribution in [2.75, 3.05) is 0 Å². The van der Waals surface area contributed by atoms with Crippen LogP contribution in [-0.2, 0) is 5.60 Å². The second-order valence-electron chi connectivity index (χ2n) is 5.89. The Morgan fingerprint density at radius 1 is 1.43 bits per heavy atom. The summed E-state index contributed by atoms with van der Waals surface area (Å²) in [6.07, 6.45) is 4.52. The van der Waals surface area contributed by atoms with Gasteiger partial charge in [0.05, 0.1) is 11.8 Å². The molecule has 2 aliphatic rings. The monoisotopic (exact) mass is 304 g/mol. The van der Waals surface area contributed by atoms with Crippen molar-refractivity contribution < 1.29 is 14.3 Å². The van der Waals surface area contributed by atoms with Crippen LogP contribution in [0.1, 0.15) is 41.9 Å². The number of furan rings is 1. The number of hydrogen-bond acceptors (Lipinski definition) is 5. The SMILES string of the molecule is O=C(c1cscn1)N1[C@H]2CC[C@H]1CC(O)(c1ccco1)C2. The highest BCUT2D eigenvalue weighted by atomic mass is 32.1. The minimum absolute atomic E-state index is 0.00903. The van der Waals surface area contributed by atoms with E-state index in [0.29, 0.717) is 24.3 Å². The molecule has 1 amide bonds. The summed E-state index contributed by atoms with van der Waals surface area (Å²) in [6, 6.07) is 3.74. The van der Waals surface area contributed by atoms with E-state index in [2.05, 4.69) is 4.98 Å². The molecule has 0 spiro atoms. The van der Waals surface area contributed by atoms with Gasteiger partial charge in [0.25, 0.3) is 5.91 Å². The maximum Gasteiger partial charge on any atom is 0.273 e. The van der Waals surface area contributed by atoms with E-state index in [9.17, 15) is 9.90 Å². The van der Waals surface area contributed by atoms with Gasteiger partial charge >= 0.3 is 0 Å². The Morgan fingerprint density at radius 3 is 2.76 bits per heavy atom. The van der Waals surface area contributed by atoms with Crippen LogP contribution in [0.4, 0.5) is 0 Å². The summed E-state index contributed by atoms with van der Waals surface area (Å²) >= 11 is 1.43. The second-order valence-corrected chi connectivity index (χ2v) is 6.61. The van der Waals surface area contributed by atoms with Crippen molar-refractivity contribution in [2.24, 2.45) is 0 Å². The summed E-state index contributed by atoms with van der Waals surface area (Å²) in [6.45, 7) is 0. The lowest BCUT2D eigenvalue weighted by Crippen LogP contribution is -2.52. The zero-order valence-corrected chi connectivity index (χ0v) is 12.3. The molecule has 2 saturated heterocycles. The van der Waals surface area contributed by atoms with Gasteiger partial charge in [-0.2, -0.15) is 0 Å². The van der Waals surface area contributed by atoms with Gasteiger partial charge in [-0.1, -0.05) is 0 Å². The number of carbonyl (C=O) groups excluding carboxylic acids is 1. The van der Waals surface area contributed by atoms with Gasteiger partial charge in [-0.05, 0) is 25.0 Å². The smallest absolute Gasteiger partial charge is 0.273 e. The number of thiazole rings is 1. The average molecular weight is 304 g/mol. The van der Waals surface area contributed by atoms with E-state index in [1.54, 1.807) is 23.2 Å². The lowest BCUT2D eigenvalue weighted by atomic mass is 9.84. The predicted octanol–water partition coefficient (Wildman–Crippen LogP) is 2.39. The molecular formula is C15H16N2O3S. The molecule has 2 aromatic heterocycles. The Kier molecular flexibility index (Phi) is 2.90. The van der Waals surface area contributed by atoms with Crippen LogP contribution in [0, 0.1) is 0 Å². The highest BCUT2D eigenvalue weighted by Crippen LogP contribution is 2.46. The van der Waals surface area contributed by atoms with Crippen molar-refractivity contribution in [3.05, 3.63) is 40.7 Å². The Hall–Kier alpha value is -1.66. The third kappa shape index (κ3) is 2.01. The molecule has 0 aromatic carbocycles. The summed E-state index contributed by atoms with van der Waals surface area (Å²) in [5, 5.41) is 12.7. The number of amides is 1. The van der Waals surface area contributed by atoms with Crippen LogP contribution < -0.4 is 0 Å². The van der Waals surface area contributed by atoms with E-state index < -0.39 is 5.60 Å². The highest BCUT2D eigenvalue weighted by molar-refractivity contribution is 7.07. The molecule has 0 aliphatic carbocycles. The van der Waals surface area contributed by atoms with Crippen LogP contribution in [0.25, 0.3) is 0 Å². The number of aromatic nitrogens is 1. The third-order valence-electron chi connectivity index (χ3n) is 4.63. The Morgan fingerprint density at radius 2 is 2.19 bits per heavy atom. The van der Waals surface area contributed by atoms with Crippen molar-refractivity contribution in [3.63, 3.8) is 0 Å². The first kappa shape index (κ1) is 13.0. The fourth-order valence-corrected chi connectivity index (χ4v) is 4.28. The van der Waals surface area contributed by atoms with E-state index in [1.807, 2.05) is 11.0 Å². The first-order chi connectivity index (χ1) is 10.2. The Bertz CT molecular complexity index is 624. The van der Waals surface area contributed by atoms with Gasteiger partial charge in [-0.15, -0.1) is 11.3 Å². The van der Waals surface area contributed by atoms with Gasteiger partial charge in [0.1, 0.15) is 17.1 Å². The van der Waals surface area contributed by atoms with E-state index in [4.69, 9.17) is 4.42 Å². The fraction of sp³-hybridized carbons (Fsp3) is 0.467. The lowest BCUT2D eigenvalue weighted by molar-refractivity contribution is -0.0616. The molecule has 1 N–H and O–H groups in total. The quantitative estimate of drug-likeness (QED) is 0.925. The second kappa shape index (κ2) is 4.68. The minimum Gasteiger partial charge on any atom is -0.466 e. The third-order valence-corrected chi connectivity index (χ3v) is 5.22. The van der Waals surface area contributed by atoms with E-state index in [-0.39, 0.29) is 18.0 Å². The van der Waals surface area contributed by atoms with Crippen molar-refractivity contribution >= 4 is 17.2 Å². The molecule has 2 fully saturated rings. The molecule has 0 unspecified atom stereocenters. The van der Waals surface area contributed by atoms with Crippen LogP contribution in [-0.4, -0.2) is 33.0 Å². The number of carbonyl (C=O) groups is 1. The summed E-state index contributed by atoms with van der Waals surface area (Å²) in [5.41, 5.74) is 1.24. The molecule has 4 rings (SSSR count). The van der Waals surface area contributed by atoms with Gasteiger partial charge in [0.15, 0.2) is 0 Å². The first-order valence-corrected chi connectivity index (χ1v) is 8.09. The fourth-order valence-electron chi connectivity index (χ4n) is 3.75. The van der Waals surface area contributed by atoms with Crippen molar-refractivity contribution in [1.29, 1.82) is 0 Å². The number of fused-ring (bicyclic) bond motifs is 2. The molecule has 4 heterocycles. The van der Waals surface area contributed by atoms with E-state index >= 15 is 0 Å². The van der Waals surface area contributed by atoms with Gasteiger partial charge in [-0.3, -0.25) is 4.79 Å². The maximum absolute atomic E-state index is 12.6. The molecule has 2 aliphatic heterocycles. The molecule has 6 heteroatoms. The Balaban J connectivity index is 1.61. The van der Waals surface area contributed by atoms with Crippen LogP contribution in [0.2, 0.25) is 0 Å². The molecule has 2 aromatic rings. The summed E-state index contributed by atoms with van der Waals surface area (Å²) in [5.74, 6) is 0.602. The molecule has 2 atom stereocenters. The topological polar surface area (TPSA) is 66.6 Å². The number of hydrogen-bond donors (Lipinski definition) is 1. The number of aliphatic hydroxyl groups is 1. The molecule has 0 radical (unpaired) electrons. The summed E-state index contributed by atoms with van der Waals surface area (Å²) < 4.78 is 5.40. The van der Waals surface area contributed by atoms with E-state index in [0.717, 1.165) is 12.8 Å². The largest absolute Gasteiger partial charge is 0.466 e. The zero-order valence-electron chi connectivity index (χ0n) is 11.4. The van der Waals surface area contributed by atoms with Gasteiger partial charge < -0.3 is 14.4 Å². The predicted molar refractivity (Wildman–Crippen MR) is 76.9 cm³/mol. The van der Waals surface area contributed by atoms with Crippen LogP contribution in [0.3, 0.4) is 0 Å². The van der Waals surface area contributed by atoms with Crippen LogP contribution in [0.5, 0.6) is 0 Å². The van der Waals surface area contributed by atoms with Crippen molar-refractivity contribution in [1.82, 2.24) is 9.88 Å². The van der Waals surface area contributed by atoms with Gasteiger partial charge in [0.2, 0.25) is 0 Å². The highest BCUT2D eigenvalue weighted by Gasteiger charge is 2.51. The molecular weight excluding hydrogens is 288 g/mol. The number of nitrogens with zero attached hydrogens (tertiary/aromatic N) is 2. The maximum atomic E-state index is 12.6. The van der Waals surface area contributed by atoms with Gasteiger partial charge in [-0.25, -0.2) is 4.98 Å². The standard InChI is InChI=1S/C15H16N2O3S/c18-14(12-8-21-9-16-12)17-10-3-4-11(17)7-15(19,6-10)13-2-1-5-20-13/h1-2,5,8-11,19H,3-4,6-7H2/t10-,11-/m0/s1. The number of rotatable bonds is 2. The molecule has 2 bridgehead atoms. The summed E-state index contributed by atoms with van der Waals surface area (Å²) in [7, 11) is 0. The van der Waals surface area contributed by atoms with Gasteiger partial charge in [0, 0.05) is 30.3 Å². The molecule has 110 valence electrons. The van der Waals surface area contributed by atoms with Crippen LogP contribution >= 0.6 is 11.3 Å². The summed E-state index contributed by atoms with van der Waals surface area (Å²) in [4.78, 5) is 18.6. The Labute approximate surface area is 126 Å². The average Bonchev–Trinajstić information content (AvgIpc) is 3.18. The molecule has 5 nitrogen and oxygen atoms in total. The van der Waals surface area contributed by atoms with Crippen LogP contribution in [0.15, 0.2) is 33.7 Å². The van der Waals surface area contributed by atoms with Crippen molar-refractivity contribution in [3.8, 4) is 0 Å². The molecule has 21 heavy (non-hydrogen) atoms. The number of piperidine rings is 1. The lowest BCUT2D eigenvalue weighted by Gasteiger charge is -2.42. The van der Waals surface area contributed by atoms with Crippen molar-refractivity contribution in [2.45, 2.75) is 43.4 Å². The van der Waals surface area contributed by atoms with E-state index in [1.165, 1.54) is 11.3 Å². The minimum atomic E-state index is -0.950.